The monoisotopic (exact) mass is 309 g/mol. The van der Waals surface area contributed by atoms with Crippen molar-refractivity contribution in [2.75, 3.05) is 7.05 Å². The molecular weight excluding hydrogens is 293 g/mol. The van der Waals surface area contributed by atoms with Gasteiger partial charge < -0.3 is 5.73 Å². The first-order chi connectivity index (χ1) is 9.95. The Morgan fingerprint density at radius 2 is 1.81 bits per heavy atom. The SMILES string of the molecule is CN(Cc1ccc(CN)cc1)S(=O)(=O)c1ncccc1F. The minimum absolute atomic E-state index is 0.128. The molecule has 0 fully saturated rings. The summed E-state index contributed by atoms with van der Waals surface area (Å²) in [5, 5.41) is -0.564. The van der Waals surface area contributed by atoms with Crippen LogP contribution in [0.5, 0.6) is 0 Å². The van der Waals surface area contributed by atoms with E-state index in [1.807, 2.05) is 12.1 Å². The normalized spacial score (nSPS) is 11.8. The van der Waals surface area contributed by atoms with Crippen LogP contribution in [-0.2, 0) is 23.1 Å². The predicted molar refractivity (Wildman–Crippen MR) is 77.2 cm³/mol. The Balaban J connectivity index is 2.22. The summed E-state index contributed by atoms with van der Waals surface area (Å²) in [6.07, 6.45) is 1.25. The van der Waals surface area contributed by atoms with E-state index in [0.717, 1.165) is 21.5 Å². The van der Waals surface area contributed by atoms with Crippen LogP contribution in [-0.4, -0.2) is 24.8 Å². The van der Waals surface area contributed by atoms with Gasteiger partial charge in [0, 0.05) is 26.3 Å². The molecule has 0 bridgehead atoms. The standard InChI is InChI=1S/C14H16FN3O2S/c1-18(10-12-6-4-11(9-16)5-7-12)21(19,20)14-13(15)3-2-8-17-14/h2-8H,9-10,16H2,1H3. The van der Waals surface area contributed by atoms with Crippen molar-refractivity contribution < 1.29 is 12.8 Å². The van der Waals surface area contributed by atoms with E-state index < -0.39 is 20.9 Å². The van der Waals surface area contributed by atoms with Crippen molar-refractivity contribution in [3.8, 4) is 0 Å². The van der Waals surface area contributed by atoms with E-state index in [4.69, 9.17) is 5.73 Å². The summed E-state index contributed by atoms with van der Waals surface area (Å²) in [6, 6.07) is 9.67. The fraction of sp³-hybridized carbons (Fsp3) is 0.214. The Morgan fingerprint density at radius 1 is 1.19 bits per heavy atom. The van der Waals surface area contributed by atoms with E-state index in [-0.39, 0.29) is 6.54 Å². The summed E-state index contributed by atoms with van der Waals surface area (Å²) < 4.78 is 39.2. The molecule has 0 amide bonds. The molecule has 0 saturated heterocycles. The molecule has 0 saturated carbocycles. The Kier molecular flexibility index (Phi) is 4.66. The third-order valence-electron chi connectivity index (χ3n) is 3.04. The molecule has 0 radical (unpaired) electrons. The molecule has 2 N–H and O–H groups in total. The van der Waals surface area contributed by atoms with Crippen molar-refractivity contribution in [2.24, 2.45) is 5.73 Å². The highest BCUT2D eigenvalue weighted by Crippen LogP contribution is 2.17. The summed E-state index contributed by atoms with van der Waals surface area (Å²) in [5.74, 6) is -0.858. The van der Waals surface area contributed by atoms with Crippen LogP contribution >= 0.6 is 0 Å². The molecule has 1 heterocycles. The van der Waals surface area contributed by atoms with Crippen LogP contribution in [0.3, 0.4) is 0 Å². The number of benzene rings is 1. The Morgan fingerprint density at radius 3 is 2.38 bits per heavy atom. The van der Waals surface area contributed by atoms with Gasteiger partial charge in [-0.3, -0.25) is 0 Å². The maximum absolute atomic E-state index is 13.6. The van der Waals surface area contributed by atoms with E-state index >= 15 is 0 Å². The highest BCUT2D eigenvalue weighted by molar-refractivity contribution is 7.89. The van der Waals surface area contributed by atoms with E-state index in [1.165, 1.54) is 19.3 Å². The van der Waals surface area contributed by atoms with Gasteiger partial charge in [-0.25, -0.2) is 17.8 Å². The molecular formula is C14H16FN3O2S. The zero-order valence-corrected chi connectivity index (χ0v) is 12.3. The molecule has 112 valence electrons. The molecule has 0 unspecified atom stereocenters. The molecule has 2 rings (SSSR count). The molecule has 0 aliphatic carbocycles. The highest BCUT2D eigenvalue weighted by Gasteiger charge is 2.25. The number of rotatable bonds is 5. The van der Waals surface area contributed by atoms with E-state index in [1.54, 1.807) is 12.1 Å². The van der Waals surface area contributed by atoms with Crippen molar-refractivity contribution in [1.82, 2.24) is 9.29 Å². The van der Waals surface area contributed by atoms with Crippen LogP contribution in [0.1, 0.15) is 11.1 Å². The maximum atomic E-state index is 13.6. The molecule has 0 atom stereocenters. The predicted octanol–water partition coefficient (Wildman–Crippen LogP) is 1.50. The molecule has 1 aromatic heterocycles. The number of pyridine rings is 1. The lowest BCUT2D eigenvalue weighted by atomic mass is 10.1. The summed E-state index contributed by atoms with van der Waals surface area (Å²) in [6.45, 7) is 0.552. The second-order valence-corrected chi connectivity index (χ2v) is 6.53. The number of nitrogens with two attached hydrogens (primary N) is 1. The lowest BCUT2D eigenvalue weighted by Gasteiger charge is -2.17. The van der Waals surface area contributed by atoms with Gasteiger partial charge in [0.2, 0.25) is 5.03 Å². The zero-order chi connectivity index (χ0) is 15.5. The van der Waals surface area contributed by atoms with Gasteiger partial charge in [0.25, 0.3) is 10.0 Å². The van der Waals surface area contributed by atoms with Gasteiger partial charge in [-0.15, -0.1) is 0 Å². The second-order valence-electron chi connectivity index (χ2n) is 4.57. The Bertz CT molecular complexity index is 717. The minimum Gasteiger partial charge on any atom is -0.326 e. The maximum Gasteiger partial charge on any atom is 0.263 e. The third kappa shape index (κ3) is 3.44. The first-order valence-corrected chi connectivity index (χ1v) is 7.74. The number of sulfonamides is 1. The number of nitrogens with zero attached hydrogens (tertiary/aromatic N) is 2. The van der Waals surface area contributed by atoms with Crippen molar-refractivity contribution in [3.05, 3.63) is 59.5 Å². The number of hydrogen-bond acceptors (Lipinski definition) is 4. The smallest absolute Gasteiger partial charge is 0.263 e. The second kappa shape index (κ2) is 6.30. The van der Waals surface area contributed by atoms with Crippen LogP contribution in [0.25, 0.3) is 0 Å². The van der Waals surface area contributed by atoms with Gasteiger partial charge in [-0.2, -0.15) is 4.31 Å². The largest absolute Gasteiger partial charge is 0.326 e. The van der Waals surface area contributed by atoms with Crippen molar-refractivity contribution in [3.63, 3.8) is 0 Å². The van der Waals surface area contributed by atoms with Gasteiger partial charge in [-0.1, -0.05) is 24.3 Å². The summed E-state index contributed by atoms with van der Waals surface area (Å²) >= 11 is 0. The van der Waals surface area contributed by atoms with Crippen molar-refractivity contribution in [1.29, 1.82) is 0 Å². The van der Waals surface area contributed by atoms with E-state index in [9.17, 15) is 12.8 Å². The molecule has 0 spiro atoms. The fourth-order valence-corrected chi connectivity index (χ4v) is 2.95. The molecule has 0 aliphatic rings. The topological polar surface area (TPSA) is 76.3 Å². The molecule has 0 aliphatic heterocycles. The summed E-state index contributed by atoms with van der Waals surface area (Å²) in [7, 11) is -2.57. The van der Waals surface area contributed by atoms with E-state index in [2.05, 4.69) is 4.98 Å². The summed E-state index contributed by atoms with van der Waals surface area (Å²) in [5.41, 5.74) is 7.25. The lowest BCUT2D eigenvalue weighted by Crippen LogP contribution is -2.28. The zero-order valence-electron chi connectivity index (χ0n) is 11.5. The highest BCUT2D eigenvalue weighted by atomic mass is 32.2. The molecule has 1 aromatic carbocycles. The van der Waals surface area contributed by atoms with Crippen LogP contribution in [0, 0.1) is 5.82 Å². The van der Waals surface area contributed by atoms with Gasteiger partial charge >= 0.3 is 0 Å². The fourth-order valence-electron chi connectivity index (χ4n) is 1.83. The van der Waals surface area contributed by atoms with Crippen LogP contribution in [0.2, 0.25) is 0 Å². The average molecular weight is 309 g/mol. The molecule has 2 aromatic rings. The van der Waals surface area contributed by atoms with Crippen molar-refractivity contribution in [2.45, 2.75) is 18.1 Å². The number of aromatic nitrogens is 1. The van der Waals surface area contributed by atoms with Gasteiger partial charge in [0.1, 0.15) is 0 Å². The lowest BCUT2D eigenvalue weighted by molar-refractivity contribution is 0.454. The first-order valence-electron chi connectivity index (χ1n) is 6.30. The molecule has 7 heteroatoms. The van der Waals surface area contributed by atoms with Crippen LogP contribution in [0.4, 0.5) is 4.39 Å². The van der Waals surface area contributed by atoms with Crippen LogP contribution < -0.4 is 5.73 Å². The Hall–Kier alpha value is -1.83. The quantitative estimate of drug-likeness (QED) is 0.908. The van der Waals surface area contributed by atoms with Gasteiger partial charge in [0.15, 0.2) is 5.82 Å². The van der Waals surface area contributed by atoms with E-state index in [0.29, 0.717) is 6.54 Å². The number of halogens is 1. The van der Waals surface area contributed by atoms with Gasteiger partial charge in [0.05, 0.1) is 0 Å². The average Bonchev–Trinajstić information content (AvgIpc) is 2.48. The number of hydrogen-bond donors (Lipinski definition) is 1. The molecule has 21 heavy (non-hydrogen) atoms. The van der Waals surface area contributed by atoms with Crippen molar-refractivity contribution >= 4 is 10.0 Å². The molecule has 5 nitrogen and oxygen atoms in total. The third-order valence-corrected chi connectivity index (χ3v) is 4.78. The summed E-state index contributed by atoms with van der Waals surface area (Å²) in [4.78, 5) is 3.62. The Labute approximate surface area is 123 Å². The minimum atomic E-state index is -3.96. The first kappa shape index (κ1) is 15.6. The van der Waals surface area contributed by atoms with Crippen LogP contribution in [0.15, 0.2) is 47.6 Å². The van der Waals surface area contributed by atoms with Gasteiger partial charge in [-0.05, 0) is 23.3 Å².